The Bertz CT molecular complexity index is 590. The van der Waals surface area contributed by atoms with Crippen molar-refractivity contribution in [2.45, 2.75) is 12.8 Å². The van der Waals surface area contributed by atoms with Crippen molar-refractivity contribution < 1.29 is 14.6 Å². The lowest BCUT2D eigenvalue weighted by Crippen LogP contribution is -2.08. The van der Waals surface area contributed by atoms with Crippen molar-refractivity contribution in [2.75, 3.05) is 7.11 Å². The molecule has 0 fully saturated rings. The Morgan fingerprint density at radius 1 is 1.37 bits per heavy atom. The first-order valence-electron chi connectivity index (χ1n) is 5.99. The lowest BCUT2D eigenvalue weighted by Gasteiger charge is -2.07. The molecule has 0 saturated heterocycles. The van der Waals surface area contributed by atoms with E-state index < -0.39 is 5.97 Å². The molecule has 2 rings (SSSR count). The van der Waals surface area contributed by atoms with E-state index in [9.17, 15) is 4.79 Å². The second kappa shape index (κ2) is 5.56. The highest BCUT2D eigenvalue weighted by Crippen LogP contribution is 2.20. The summed E-state index contributed by atoms with van der Waals surface area (Å²) < 4.78 is 6.80. The van der Waals surface area contributed by atoms with Gasteiger partial charge in [0.15, 0.2) is 0 Å². The number of aryl methyl sites for hydroxylation is 3. The number of aromatic nitrogens is 2. The van der Waals surface area contributed by atoms with Crippen molar-refractivity contribution in [3.63, 3.8) is 0 Å². The van der Waals surface area contributed by atoms with Crippen LogP contribution in [-0.4, -0.2) is 27.7 Å². The number of hydrogen-bond donors (Lipinski definition) is 1. The number of aromatic carboxylic acids is 1. The smallest absolute Gasteiger partial charge is 0.354 e. The van der Waals surface area contributed by atoms with Gasteiger partial charge in [-0.3, -0.25) is 0 Å². The Hall–Kier alpha value is -2.30. The average Bonchev–Trinajstić information content (AvgIpc) is 2.78. The maximum atomic E-state index is 11.2. The van der Waals surface area contributed by atoms with Gasteiger partial charge in [-0.25, -0.2) is 9.78 Å². The first kappa shape index (κ1) is 13.1. The zero-order valence-electron chi connectivity index (χ0n) is 11.0. The minimum Gasteiger partial charge on any atom is -0.496 e. The normalized spacial score (nSPS) is 10.4. The zero-order chi connectivity index (χ0) is 13.8. The predicted molar refractivity (Wildman–Crippen MR) is 70.6 cm³/mol. The molecule has 0 aliphatic rings. The van der Waals surface area contributed by atoms with E-state index in [-0.39, 0.29) is 5.69 Å². The fraction of sp³-hybridized carbons (Fsp3) is 0.286. The first-order valence-corrected chi connectivity index (χ1v) is 5.99. The second-order valence-corrected chi connectivity index (χ2v) is 4.27. The van der Waals surface area contributed by atoms with Crippen LogP contribution in [0.2, 0.25) is 0 Å². The number of ether oxygens (including phenoxy) is 1. The quantitative estimate of drug-likeness (QED) is 0.892. The predicted octanol–water partition coefficient (Wildman–Crippen LogP) is 1.91. The first-order chi connectivity index (χ1) is 9.13. The number of hydrogen-bond acceptors (Lipinski definition) is 3. The number of carboxylic acids is 1. The van der Waals surface area contributed by atoms with Crippen LogP contribution in [-0.2, 0) is 19.9 Å². The number of para-hydroxylation sites is 1. The summed E-state index contributed by atoms with van der Waals surface area (Å²) in [6.07, 6.45) is 2.80. The van der Waals surface area contributed by atoms with Crippen LogP contribution in [0.5, 0.6) is 5.75 Å². The number of benzene rings is 1. The molecule has 0 bridgehead atoms. The summed E-state index contributed by atoms with van der Waals surface area (Å²) in [6.45, 7) is 0. The summed E-state index contributed by atoms with van der Waals surface area (Å²) in [4.78, 5) is 15.3. The van der Waals surface area contributed by atoms with Gasteiger partial charge in [0.2, 0.25) is 0 Å². The molecule has 19 heavy (non-hydrogen) atoms. The lowest BCUT2D eigenvalue weighted by molar-refractivity contribution is 0.0685. The maximum Gasteiger partial charge on any atom is 0.354 e. The Kier molecular flexibility index (Phi) is 3.85. The Morgan fingerprint density at radius 2 is 2.11 bits per heavy atom. The van der Waals surface area contributed by atoms with Gasteiger partial charge in [0, 0.05) is 7.05 Å². The van der Waals surface area contributed by atoms with Gasteiger partial charge in [0.25, 0.3) is 0 Å². The highest BCUT2D eigenvalue weighted by molar-refractivity contribution is 5.87. The summed E-state index contributed by atoms with van der Waals surface area (Å²) in [5, 5.41) is 9.15. The molecule has 2 aromatic rings. The van der Waals surface area contributed by atoms with Crippen LogP contribution in [0.15, 0.2) is 30.6 Å². The molecule has 0 atom stereocenters. The SMILES string of the molecule is COc1ccccc1CCc1ncn(C)c1C(=O)O. The molecular formula is C14H16N2O3. The minimum absolute atomic E-state index is 0.245. The van der Waals surface area contributed by atoms with Crippen LogP contribution in [0.1, 0.15) is 21.7 Å². The molecule has 0 spiro atoms. The van der Waals surface area contributed by atoms with Gasteiger partial charge in [-0.2, -0.15) is 0 Å². The molecular weight excluding hydrogens is 244 g/mol. The van der Waals surface area contributed by atoms with Crippen LogP contribution < -0.4 is 4.74 Å². The molecule has 5 nitrogen and oxygen atoms in total. The lowest BCUT2D eigenvalue weighted by atomic mass is 10.1. The Morgan fingerprint density at radius 3 is 2.79 bits per heavy atom. The molecule has 1 heterocycles. The highest BCUT2D eigenvalue weighted by Gasteiger charge is 2.16. The van der Waals surface area contributed by atoms with E-state index in [1.165, 1.54) is 10.9 Å². The van der Waals surface area contributed by atoms with E-state index in [0.29, 0.717) is 18.5 Å². The van der Waals surface area contributed by atoms with Crippen LogP contribution in [0.4, 0.5) is 0 Å². The van der Waals surface area contributed by atoms with Crippen molar-refractivity contribution in [1.29, 1.82) is 0 Å². The van der Waals surface area contributed by atoms with E-state index >= 15 is 0 Å². The van der Waals surface area contributed by atoms with Crippen molar-refractivity contribution >= 4 is 5.97 Å². The molecule has 0 aliphatic carbocycles. The highest BCUT2D eigenvalue weighted by atomic mass is 16.5. The molecule has 1 N–H and O–H groups in total. The monoisotopic (exact) mass is 260 g/mol. The average molecular weight is 260 g/mol. The van der Waals surface area contributed by atoms with E-state index in [1.54, 1.807) is 14.2 Å². The summed E-state index contributed by atoms with van der Waals surface area (Å²) in [5.74, 6) is -0.134. The molecule has 1 aromatic heterocycles. The van der Waals surface area contributed by atoms with Crippen LogP contribution in [0, 0.1) is 0 Å². The molecule has 1 aromatic carbocycles. The van der Waals surface area contributed by atoms with Crippen LogP contribution in [0.3, 0.4) is 0 Å². The third-order valence-electron chi connectivity index (χ3n) is 3.04. The standard InChI is InChI=1S/C14H16N2O3/c1-16-9-15-11(13(16)14(17)18)8-7-10-5-3-4-6-12(10)19-2/h3-6,9H,7-8H2,1-2H3,(H,17,18). The van der Waals surface area contributed by atoms with E-state index in [0.717, 1.165) is 11.3 Å². The van der Waals surface area contributed by atoms with Crippen molar-refractivity contribution in [2.24, 2.45) is 7.05 Å². The van der Waals surface area contributed by atoms with Crippen LogP contribution in [0.25, 0.3) is 0 Å². The maximum absolute atomic E-state index is 11.2. The molecule has 100 valence electrons. The fourth-order valence-corrected chi connectivity index (χ4v) is 2.10. The molecule has 5 heteroatoms. The number of methoxy groups -OCH3 is 1. The van der Waals surface area contributed by atoms with Gasteiger partial charge in [-0.15, -0.1) is 0 Å². The number of carboxylic acid groups (broad SMARTS) is 1. The molecule has 0 unspecified atom stereocenters. The second-order valence-electron chi connectivity index (χ2n) is 4.27. The van der Waals surface area contributed by atoms with Gasteiger partial charge in [-0.1, -0.05) is 18.2 Å². The molecule has 0 aliphatic heterocycles. The fourth-order valence-electron chi connectivity index (χ4n) is 2.10. The number of rotatable bonds is 5. The summed E-state index contributed by atoms with van der Waals surface area (Å²) >= 11 is 0. The summed E-state index contributed by atoms with van der Waals surface area (Å²) in [5.41, 5.74) is 1.89. The summed E-state index contributed by atoms with van der Waals surface area (Å²) in [6, 6.07) is 7.72. The topological polar surface area (TPSA) is 64.4 Å². The molecule has 0 amide bonds. The number of imidazole rings is 1. The van der Waals surface area contributed by atoms with Gasteiger partial charge in [-0.05, 0) is 24.5 Å². The van der Waals surface area contributed by atoms with E-state index in [1.807, 2.05) is 24.3 Å². The third kappa shape index (κ3) is 2.76. The van der Waals surface area contributed by atoms with E-state index in [2.05, 4.69) is 4.98 Å². The zero-order valence-corrected chi connectivity index (χ0v) is 11.0. The van der Waals surface area contributed by atoms with Gasteiger partial charge in [0.1, 0.15) is 11.4 Å². The Balaban J connectivity index is 2.17. The van der Waals surface area contributed by atoms with Gasteiger partial charge < -0.3 is 14.4 Å². The largest absolute Gasteiger partial charge is 0.496 e. The number of carbonyl (C=O) groups is 1. The number of nitrogens with zero attached hydrogens (tertiary/aromatic N) is 2. The molecule has 0 saturated carbocycles. The van der Waals surface area contributed by atoms with Crippen LogP contribution >= 0.6 is 0 Å². The van der Waals surface area contributed by atoms with Crippen molar-refractivity contribution in [3.05, 3.63) is 47.5 Å². The van der Waals surface area contributed by atoms with Gasteiger partial charge >= 0.3 is 5.97 Å². The van der Waals surface area contributed by atoms with Gasteiger partial charge in [0.05, 0.1) is 19.1 Å². The Labute approximate surface area is 111 Å². The third-order valence-corrected chi connectivity index (χ3v) is 3.04. The van der Waals surface area contributed by atoms with E-state index in [4.69, 9.17) is 9.84 Å². The minimum atomic E-state index is -0.949. The summed E-state index contributed by atoms with van der Waals surface area (Å²) in [7, 11) is 3.31. The molecule has 0 radical (unpaired) electrons. The van der Waals surface area contributed by atoms with Crippen molar-refractivity contribution in [3.8, 4) is 5.75 Å². The van der Waals surface area contributed by atoms with Crippen molar-refractivity contribution in [1.82, 2.24) is 9.55 Å².